The maximum Gasteiger partial charge on any atom is 0.409 e. The molecule has 1 saturated heterocycles. The highest BCUT2D eigenvalue weighted by molar-refractivity contribution is 14.0. The number of para-hydroxylation sites is 1. The number of nitrogens with one attached hydrogen (secondary N) is 2. The maximum atomic E-state index is 11.6. The van der Waals surface area contributed by atoms with Crippen molar-refractivity contribution < 1.29 is 19.4 Å². The number of hydrogen-bond donors (Lipinski definition) is 3. The van der Waals surface area contributed by atoms with E-state index in [9.17, 15) is 9.90 Å². The number of phenols is 1. The number of benzene rings is 1. The number of halogens is 1. The van der Waals surface area contributed by atoms with Crippen LogP contribution >= 0.6 is 24.0 Å². The molecule has 0 unspecified atom stereocenters. The van der Waals surface area contributed by atoms with E-state index in [1.807, 2.05) is 19.1 Å². The second-order valence-corrected chi connectivity index (χ2v) is 6.04. The lowest BCUT2D eigenvalue weighted by atomic mass is 10.1. The third kappa shape index (κ3) is 6.64. The van der Waals surface area contributed by atoms with Crippen LogP contribution in [0.25, 0.3) is 0 Å². The van der Waals surface area contributed by atoms with Gasteiger partial charge in [-0.2, -0.15) is 0 Å². The zero-order valence-corrected chi connectivity index (χ0v) is 18.4. The van der Waals surface area contributed by atoms with Gasteiger partial charge in [-0.15, -0.1) is 24.0 Å². The summed E-state index contributed by atoms with van der Waals surface area (Å²) in [6, 6.07) is 5.58. The minimum Gasteiger partial charge on any atom is -0.504 e. The fraction of sp³-hybridized carbons (Fsp3) is 0.556. The number of amides is 1. The van der Waals surface area contributed by atoms with E-state index in [4.69, 9.17) is 9.47 Å². The first kappa shape index (κ1) is 23.1. The standard InChI is InChI=1S/C18H28N4O4.HI/c1-4-19-17(20-12-13-6-5-7-15(25-2)16(13)23)21-14-8-10-22(11-9-14)18(24)26-3;/h5-7,14,23H,4,8-12H2,1-3H3,(H2,19,20,21);1H. The van der Waals surface area contributed by atoms with Crippen LogP contribution in [0.2, 0.25) is 0 Å². The minimum absolute atomic E-state index is 0. The summed E-state index contributed by atoms with van der Waals surface area (Å²) in [6.07, 6.45) is 1.37. The molecule has 8 nitrogen and oxygen atoms in total. The molecule has 1 aliphatic rings. The summed E-state index contributed by atoms with van der Waals surface area (Å²) in [4.78, 5) is 17.8. The van der Waals surface area contributed by atoms with Crippen LogP contribution in [-0.4, -0.2) is 62.0 Å². The third-order valence-corrected chi connectivity index (χ3v) is 4.32. The molecule has 0 aromatic heterocycles. The minimum atomic E-state index is -0.280. The van der Waals surface area contributed by atoms with Crippen molar-refractivity contribution in [2.75, 3.05) is 33.9 Å². The highest BCUT2D eigenvalue weighted by Gasteiger charge is 2.23. The average molecular weight is 492 g/mol. The molecule has 2 rings (SSSR count). The zero-order valence-electron chi connectivity index (χ0n) is 16.0. The lowest BCUT2D eigenvalue weighted by molar-refractivity contribution is 0.111. The number of ether oxygens (including phenoxy) is 2. The van der Waals surface area contributed by atoms with Crippen molar-refractivity contribution in [2.45, 2.75) is 32.4 Å². The summed E-state index contributed by atoms with van der Waals surface area (Å²) in [7, 11) is 2.92. The molecule has 1 aromatic rings. The van der Waals surface area contributed by atoms with Crippen LogP contribution in [0.15, 0.2) is 23.2 Å². The van der Waals surface area contributed by atoms with Crippen molar-refractivity contribution >= 4 is 36.0 Å². The summed E-state index contributed by atoms with van der Waals surface area (Å²) in [5.74, 6) is 1.23. The van der Waals surface area contributed by atoms with Crippen LogP contribution in [0.5, 0.6) is 11.5 Å². The Hall–Kier alpha value is -1.91. The molecule has 0 saturated carbocycles. The second kappa shape index (κ2) is 11.7. The van der Waals surface area contributed by atoms with Crippen molar-refractivity contribution in [3.8, 4) is 11.5 Å². The molecular weight excluding hydrogens is 463 g/mol. The summed E-state index contributed by atoms with van der Waals surface area (Å²) >= 11 is 0. The number of rotatable bonds is 5. The van der Waals surface area contributed by atoms with E-state index in [1.165, 1.54) is 14.2 Å². The van der Waals surface area contributed by atoms with E-state index >= 15 is 0 Å². The summed E-state index contributed by atoms with van der Waals surface area (Å²) in [5, 5.41) is 16.8. The molecule has 0 bridgehead atoms. The SMILES string of the molecule is CCNC(=NCc1cccc(OC)c1O)NC1CCN(C(=O)OC)CC1.I. The van der Waals surface area contributed by atoms with Gasteiger partial charge in [0.05, 0.1) is 20.8 Å². The Morgan fingerprint density at radius 3 is 2.63 bits per heavy atom. The Kier molecular flexibility index (Phi) is 10.0. The predicted octanol–water partition coefficient (Wildman–Crippen LogP) is 2.30. The van der Waals surface area contributed by atoms with Crippen LogP contribution in [0.1, 0.15) is 25.3 Å². The zero-order chi connectivity index (χ0) is 18.9. The summed E-state index contributed by atoms with van der Waals surface area (Å²) in [6.45, 7) is 4.37. The Morgan fingerprint density at radius 1 is 1.33 bits per heavy atom. The lowest BCUT2D eigenvalue weighted by Crippen LogP contribution is -2.49. The Balaban J connectivity index is 0.00000364. The predicted molar refractivity (Wildman–Crippen MR) is 115 cm³/mol. The van der Waals surface area contributed by atoms with Crippen molar-refractivity contribution in [1.29, 1.82) is 0 Å². The van der Waals surface area contributed by atoms with Gasteiger partial charge in [0.25, 0.3) is 0 Å². The van der Waals surface area contributed by atoms with Crippen molar-refractivity contribution in [3.63, 3.8) is 0 Å². The molecule has 9 heteroatoms. The first-order chi connectivity index (χ1) is 12.6. The normalized spacial score (nSPS) is 14.9. The number of piperidine rings is 1. The van der Waals surface area contributed by atoms with Crippen LogP contribution in [0, 0.1) is 0 Å². The molecule has 27 heavy (non-hydrogen) atoms. The van der Waals surface area contributed by atoms with Gasteiger partial charge in [-0.25, -0.2) is 9.79 Å². The molecule has 0 radical (unpaired) electrons. The monoisotopic (exact) mass is 492 g/mol. The van der Waals surface area contributed by atoms with Gasteiger partial charge in [-0.1, -0.05) is 12.1 Å². The van der Waals surface area contributed by atoms with E-state index in [0.29, 0.717) is 36.9 Å². The molecule has 0 atom stereocenters. The van der Waals surface area contributed by atoms with Gasteiger partial charge in [0.15, 0.2) is 17.5 Å². The number of phenolic OH excluding ortho intramolecular Hbond substituents is 1. The van der Waals surface area contributed by atoms with E-state index in [2.05, 4.69) is 15.6 Å². The van der Waals surface area contributed by atoms with Gasteiger partial charge >= 0.3 is 6.09 Å². The Morgan fingerprint density at radius 2 is 2.04 bits per heavy atom. The molecular formula is C18H29IN4O4. The maximum absolute atomic E-state index is 11.6. The Labute approximate surface area is 177 Å². The van der Waals surface area contributed by atoms with Gasteiger partial charge in [-0.05, 0) is 25.8 Å². The molecule has 152 valence electrons. The fourth-order valence-corrected chi connectivity index (χ4v) is 2.87. The highest BCUT2D eigenvalue weighted by atomic mass is 127. The Bertz CT molecular complexity index is 634. The van der Waals surface area contributed by atoms with Crippen molar-refractivity contribution in [3.05, 3.63) is 23.8 Å². The van der Waals surface area contributed by atoms with Gasteiger partial charge in [-0.3, -0.25) is 0 Å². The summed E-state index contributed by atoms with van der Waals surface area (Å²) in [5.41, 5.74) is 0.696. The number of guanidine groups is 1. The third-order valence-electron chi connectivity index (χ3n) is 4.32. The number of hydrogen-bond acceptors (Lipinski definition) is 5. The smallest absolute Gasteiger partial charge is 0.409 e. The number of carbonyl (C=O) groups is 1. The molecule has 3 N–H and O–H groups in total. The molecule has 1 fully saturated rings. The largest absolute Gasteiger partial charge is 0.504 e. The van der Waals surface area contributed by atoms with Gasteiger partial charge in [0, 0.05) is 31.2 Å². The van der Waals surface area contributed by atoms with Crippen molar-refractivity contribution in [1.82, 2.24) is 15.5 Å². The first-order valence-electron chi connectivity index (χ1n) is 8.81. The highest BCUT2D eigenvalue weighted by Crippen LogP contribution is 2.29. The van der Waals surface area contributed by atoms with Crippen molar-refractivity contribution in [2.24, 2.45) is 4.99 Å². The van der Waals surface area contributed by atoms with Gasteiger partial charge in [0.2, 0.25) is 0 Å². The van der Waals surface area contributed by atoms with E-state index in [-0.39, 0.29) is 41.9 Å². The van der Waals surface area contributed by atoms with Gasteiger partial charge < -0.3 is 30.1 Å². The molecule has 0 aliphatic carbocycles. The van der Waals surface area contributed by atoms with Gasteiger partial charge in [0.1, 0.15) is 0 Å². The number of carbonyl (C=O) groups excluding carboxylic acids is 1. The summed E-state index contributed by atoms with van der Waals surface area (Å²) < 4.78 is 9.89. The van der Waals surface area contributed by atoms with Crippen LogP contribution in [0.4, 0.5) is 4.79 Å². The second-order valence-electron chi connectivity index (χ2n) is 6.04. The van der Waals surface area contributed by atoms with E-state index in [0.717, 1.165) is 19.4 Å². The quantitative estimate of drug-likeness (QED) is 0.332. The van der Waals surface area contributed by atoms with Crippen LogP contribution in [-0.2, 0) is 11.3 Å². The number of nitrogens with zero attached hydrogens (tertiary/aromatic N) is 2. The van der Waals surface area contributed by atoms with Crippen LogP contribution in [0.3, 0.4) is 0 Å². The molecule has 1 aliphatic heterocycles. The number of methoxy groups -OCH3 is 2. The lowest BCUT2D eigenvalue weighted by Gasteiger charge is -2.32. The van der Waals surface area contributed by atoms with E-state index in [1.54, 1.807) is 11.0 Å². The topological polar surface area (TPSA) is 95.4 Å². The first-order valence-corrected chi connectivity index (χ1v) is 8.81. The van der Waals surface area contributed by atoms with Crippen LogP contribution < -0.4 is 15.4 Å². The molecule has 1 aromatic carbocycles. The molecule has 1 heterocycles. The number of aromatic hydroxyl groups is 1. The fourth-order valence-electron chi connectivity index (χ4n) is 2.87. The van der Waals surface area contributed by atoms with E-state index < -0.39 is 0 Å². The molecule has 0 spiro atoms. The number of aliphatic imine (C=N–C) groups is 1. The molecule has 1 amide bonds. The average Bonchev–Trinajstić information content (AvgIpc) is 2.67. The number of likely N-dealkylation sites (tertiary alicyclic amines) is 1.